The van der Waals surface area contributed by atoms with Crippen LogP contribution in [-0.2, 0) is 11.2 Å². The van der Waals surface area contributed by atoms with Crippen molar-refractivity contribution in [2.45, 2.75) is 53.4 Å². The Balaban J connectivity index is 1.29. The SMILES string of the molecule is Cc1cc(NC(=O)CCc2ncc(-c3ccc(C(C)C)cc3)o2)n(-c2cc(C)c3cccc(C)c3n2)n1. The summed E-state index contributed by atoms with van der Waals surface area (Å²) < 4.78 is 7.61. The van der Waals surface area contributed by atoms with E-state index in [0.717, 1.165) is 33.3 Å². The highest BCUT2D eigenvalue weighted by Gasteiger charge is 2.15. The van der Waals surface area contributed by atoms with Gasteiger partial charge in [-0.15, -0.1) is 0 Å². The van der Waals surface area contributed by atoms with E-state index in [9.17, 15) is 4.79 Å². The van der Waals surface area contributed by atoms with Gasteiger partial charge in [0.15, 0.2) is 17.5 Å². The number of anilines is 1. The summed E-state index contributed by atoms with van der Waals surface area (Å²) in [5.41, 5.74) is 6.17. The molecule has 2 aromatic carbocycles. The molecule has 0 spiro atoms. The second kappa shape index (κ2) is 10.0. The fourth-order valence-corrected chi connectivity index (χ4v) is 4.43. The smallest absolute Gasteiger partial charge is 0.226 e. The fraction of sp³-hybridized carbons (Fsp3) is 0.267. The summed E-state index contributed by atoms with van der Waals surface area (Å²) in [5, 5.41) is 8.69. The number of oxazole rings is 1. The Kier molecular flexibility index (Phi) is 6.61. The van der Waals surface area contributed by atoms with E-state index < -0.39 is 0 Å². The van der Waals surface area contributed by atoms with E-state index in [0.29, 0.717) is 35.6 Å². The van der Waals surface area contributed by atoms with Gasteiger partial charge in [-0.1, -0.05) is 56.3 Å². The number of hydrogen-bond donors (Lipinski definition) is 1. The van der Waals surface area contributed by atoms with Crippen LogP contribution in [0, 0.1) is 20.8 Å². The summed E-state index contributed by atoms with van der Waals surface area (Å²) in [6.07, 6.45) is 2.35. The highest BCUT2D eigenvalue weighted by molar-refractivity contribution is 5.90. The van der Waals surface area contributed by atoms with Gasteiger partial charge in [0.2, 0.25) is 5.91 Å². The molecule has 1 amide bonds. The summed E-state index contributed by atoms with van der Waals surface area (Å²) in [6.45, 7) is 10.3. The first-order chi connectivity index (χ1) is 17.8. The van der Waals surface area contributed by atoms with Crippen molar-refractivity contribution in [1.29, 1.82) is 0 Å². The van der Waals surface area contributed by atoms with Gasteiger partial charge >= 0.3 is 0 Å². The zero-order chi connectivity index (χ0) is 26.1. The lowest BCUT2D eigenvalue weighted by Crippen LogP contribution is -2.16. The lowest BCUT2D eigenvalue weighted by molar-refractivity contribution is -0.116. The lowest BCUT2D eigenvalue weighted by Gasteiger charge is -2.11. The van der Waals surface area contributed by atoms with E-state index in [1.165, 1.54) is 5.56 Å². The maximum absolute atomic E-state index is 12.8. The molecule has 3 aromatic heterocycles. The van der Waals surface area contributed by atoms with Crippen LogP contribution in [0.4, 0.5) is 5.82 Å². The molecule has 0 radical (unpaired) electrons. The molecule has 37 heavy (non-hydrogen) atoms. The molecular formula is C30H31N5O2. The van der Waals surface area contributed by atoms with Gasteiger partial charge in [0.1, 0.15) is 5.82 Å². The quantitative estimate of drug-likeness (QED) is 0.273. The Morgan fingerprint density at radius 3 is 2.57 bits per heavy atom. The van der Waals surface area contributed by atoms with Gasteiger partial charge in [0, 0.05) is 29.9 Å². The van der Waals surface area contributed by atoms with Crippen molar-refractivity contribution in [3.63, 3.8) is 0 Å². The van der Waals surface area contributed by atoms with Crippen LogP contribution in [0.3, 0.4) is 0 Å². The number of aryl methyl sites for hydroxylation is 4. The molecule has 0 saturated carbocycles. The lowest BCUT2D eigenvalue weighted by atomic mass is 10.0. The fourth-order valence-electron chi connectivity index (χ4n) is 4.43. The van der Waals surface area contributed by atoms with E-state index >= 15 is 0 Å². The number of carbonyl (C=O) groups excluding carboxylic acids is 1. The standard InChI is InChI=1S/C30H31N5O2/c1-18(2)22-9-11-23(12-10-22)25-17-31-29(37-25)14-13-28(36)32-27-16-21(5)34-35(27)26-15-20(4)24-8-6-7-19(3)30(24)33-26/h6-12,15-18H,13-14H2,1-5H3,(H,32,36). The van der Waals surface area contributed by atoms with Crippen LogP contribution >= 0.6 is 0 Å². The third kappa shape index (κ3) is 5.16. The van der Waals surface area contributed by atoms with Crippen LogP contribution in [0.25, 0.3) is 28.0 Å². The molecule has 3 heterocycles. The van der Waals surface area contributed by atoms with Crippen molar-refractivity contribution in [3.05, 3.63) is 89.1 Å². The monoisotopic (exact) mass is 493 g/mol. The number of nitrogens with zero attached hydrogens (tertiary/aromatic N) is 4. The predicted octanol–water partition coefficient (Wildman–Crippen LogP) is 6.70. The first-order valence-electron chi connectivity index (χ1n) is 12.6. The summed E-state index contributed by atoms with van der Waals surface area (Å²) in [6, 6.07) is 18.3. The Bertz CT molecular complexity index is 1580. The summed E-state index contributed by atoms with van der Waals surface area (Å²) >= 11 is 0. The number of amides is 1. The average molecular weight is 494 g/mol. The average Bonchev–Trinajstić information content (AvgIpc) is 3.50. The number of aromatic nitrogens is 4. The molecule has 5 aromatic rings. The molecule has 1 N–H and O–H groups in total. The molecule has 0 unspecified atom stereocenters. The molecular weight excluding hydrogens is 462 g/mol. The van der Waals surface area contributed by atoms with E-state index in [1.807, 2.05) is 50.2 Å². The maximum Gasteiger partial charge on any atom is 0.226 e. The second-order valence-corrected chi connectivity index (χ2v) is 9.79. The van der Waals surface area contributed by atoms with E-state index in [1.54, 1.807) is 10.9 Å². The number of carbonyl (C=O) groups is 1. The van der Waals surface area contributed by atoms with Crippen LogP contribution in [0.2, 0.25) is 0 Å². The van der Waals surface area contributed by atoms with Crippen molar-refractivity contribution in [2.24, 2.45) is 0 Å². The molecule has 0 aliphatic rings. The molecule has 0 atom stereocenters. The normalized spacial score (nSPS) is 11.4. The Hall–Kier alpha value is -4.26. The minimum Gasteiger partial charge on any atom is -0.441 e. The minimum absolute atomic E-state index is 0.143. The Morgan fingerprint density at radius 2 is 1.81 bits per heavy atom. The third-order valence-corrected chi connectivity index (χ3v) is 6.53. The predicted molar refractivity (Wildman–Crippen MR) is 146 cm³/mol. The van der Waals surface area contributed by atoms with Crippen LogP contribution < -0.4 is 5.32 Å². The van der Waals surface area contributed by atoms with Gasteiger partial charge in [-0.25, -0.2) is 9.97 Å². The zero-order valence-corrected chi connectivity index (χ0v) is 21.9. The first kappa shape index (κ1) is 24.4. The number of rotatable bonds is 7. The van der Waals surface area contributed by atoms with Crippen LogP contribution in [0.1, 0.15) is 54.5 Å². The Morgan fingerprint density at radius 1 is 1.03 bits per heavy atom. The zero-order valence-electron chi connectivity index (χ0n) is 21.9. The van der Waals surface area contributed by atoms with Gasteiger partial charge < -0.3 is 9.73 Å². The van der Waals surface area contributed by atoms with Crippen LogP contribution in [-0.4, -0.2) is 25.7 Å². The van der Waals surface area contributed by atoms with E-state index in [2.05, 4.69) is 54.4 Å². The van der Waals surface area contributed by atoms with Crippen molar-refractivity contribution >= 4 is 22.6 Å². The molecule has 0 aliphatic heterocycles. The largest absolute Gasteiger partial charge is 0.441 e. The van der Waals surface area contributed by atoms with Crippen molar-refractivity contribution < 1.29 is 9.21 Å². The number of fused-ring (bicyclic) bond motifs is 1. The second-order valence-electron chi connectivity index (χ2n) is 9.79. The summed E-state index contributed by atoms with van der Waals surface area (Å²) in [5.74, 6) is 2.82. The van der Waals surface area contributed by atoms with Crippen molar-refractivity contribution in [2.75, 3.05) is 5.32 Å². The van der Waals surface area contributed by atoms with E-state index in [-0.39, 0.29) is 12.3 Å². The number of nitrogens with one attached hydrogen (secondary N) is 1. The van der Waals surface area contributed by atoms with E-state index in [4.69, 9.17) is 9.40 Å². The number of hydrogen-bond acceptors (Lipinski definition) is 5. The third-order valence-electron chi connectivity index (χ3n) is 6.53. The highest BCUT2D eigenvalue weighted by Crippen LogP contribution is 2.26. The Labute approximate surface area is 216 Å². The number of pyridine rings is 1. The van der Waals surface area contributed by atoms with Gasteiger partial charge in [0.25, 0.3) is 0 Å². The molecule has 7 heteroatoms. The van der Waals surface area contributed by atoms with Crippen LogP contribution in [0.15, 0.2) is 65.2 Å². The molecule has 188 valence electrons. The maximum atomic E-state index is 12.8. The summed E-state index contributed by atoms with van der Waals surface area (Å²) in [4.78, 5) is 22.1. The molecule has 7 nitrogen and oxygen atoms in total. The highest BCUT2D eigenvalue weighted by atomic mass is 16.4. The number of para-hydroxylation sites is 1. The number of benzene rings is 2. The minimum atomic E-state index is -0.143. The molecule has 0 aliphatic carbocycles. The van der Waals surface area contributed by atoms with Gasteiger partial charge in [-0.3, -0.25) is 4.79 Å². The van der Waals surface area contributed by atoms with Crippen molar-refractivity contribution in [1.82, 2.24) is 19.7 Å². The molecule has 0 saturated heterocycles. The van der Waals surface area contributed by atoms with Crippen molar-refractivity contribution in [3.8, 4) is 17.1 Å². The van der Waals surface area contributed by atoms with Crippen LogP contribution in [0.5, 0.6) is 0 Å². The van der Waals surface area contributed by atoms with Gasteiger partial charge in [0.05, 0.1) is 17.4 Å². The molecule has 0 bridgehead atoms. The first-order valence-corrected chi connectivity index (χ1v) is 12.6. The van der Waals surface area contributed by atoms with Gasteiger partial charge in [-0.2, -0.15) is 9.78 Å². The summed E-state index contributed by atoms with van der Waals surface area (Å²) in [7, 11) is 0. The molecule has 0 fully saturated rings. The van der Waals surface area contributed by atoms with Gasteiger partial charge in [-0.05, 0) is 49.4 Å². The topological polar surface area (TPSA) is 85.8 Å². The molecule has 5 rings (SSSR count).